The Morgan fingerprint density at radius 1 is 1.19 bits per heavy atom. The van der Waals surface area contributed by atoms with Crippen molar-refractivity contribution in [3.8, 4) is 17.5 Å². The van der Waals surface area contributed by atoms with E-state index < -0.39 is 5.82 Å². The van der Waals surface area contributed by atoms with E-state index in [9.17, 15) is 9.18 Å². The van der Waals surface area contributed by atoms with Crippen LogP contribution in [0.25, 0.3) is 11.5 Å². The quantitative estimate of drug-likeness (QED) is 0.725. The van der Waals surface area contributed by atoms with Crippen molar-refractivity contribution in [1.29, 1.82) is 5.26 Å². The number of anilines is 1. The molecule has 2 heterocycles. The van der Waals surface area contributed by atoms with Gasteiger partial charge in [-0.2, -0.15) is 10.2 Å². The lowest BCUT2D eigenvalue weighted by atomic mass is 10.1. The van der Waals surface area contributed by atoms with Gasteiger partial charge in [0.1, 0.15) is 5.82 Å². The molecule has 0 aliphatic carbocycles. The summed E-state index contributed by atoms with van der Waals surface area (Å²) < 4.78 is 19.3. The molecule has 1 amide bonds. The van der Waals surface area contributed by atoms with Crippen molar-refractivity contribution >= 4 is 11.6 Å². The van der Waals surface area contributed by atoms with Crippen LogP contribution in [0.1, 0.15) is 23.7 Å². The molecule has 7 heteroatoms. The molecule has 1 aromatic heterocycles. The summed E-state index contributed by atoms with van der Waals surface area (Å²) in [6.07, 6.45) is 0.195. The van der Waals surface area contributed by atoms with E-state index in [1.165, 1.54) is 11.0 Å². The summed E-state index contributed by atoms with van der Waals surface area (Å²) in [4.78, 5) is 18.1. The zero-order chi connectivity index (χ0) is 18.1. The summed E-state index contributed by atoms with van der Waals surface area (Å²) >= 11 is 0. The van der Waals surface area contributed by atoms with Crippen LogP contribution in [0, 0.1) is 17.1 Å². The van der Waals surface area contributed by atoms with E-state index in [1.807, 2.05) is 6.07 Å². The normalized spacial score (nSPS) is 16.7. The highest BCUT2D eigenvalue weighted by atomic mass is 19.1. The SMILES string of the molecule is N#Cc1ccc(-c2nc(C3CC(=O)N(c4ccccc4F)C3)no2)cc1. The zero-order valence-corrected chi connectivity index (χ0v) is 13.6. The molecular formula is C19H13FN4O2. The van der Waals surface area contributed by atoms with E-state index in [-0.39, 0.29) is 23.9 Å². The van der Waals surface area contributed by atoms with Gasteiger partial charge in [0.15, 0.2) is 5.82 Å². The molecule has 1 atom stereocenters. The van der Waals surface area contributed by atoms with Gasteiger partial charge in [0.2, 0.25) is 5.91 Å². The summed E-state index contributed by atoms with van der Waals surface area (Å²) in [6, 6.07) is 15.0. The molecule has 128 valence electrons. The van der Waals surface area contributed by atoms with Crippen LogP contribution in [-0.2, 0) is 4.79 Å². The van der Waals surface area contributed by atoms with Crippen molar-refractivity contribution in [1.82, 2.24) is 10.1 Å². The molecule has 0 bridgehead atoms. The van der Waals surface area contributed by atoms with Crippen LogP contribution in [0.5, 0.6) is 0 Å². The molecule has 0 radical (unpaired) electrons. The fourth-order valence-electron chi connectivity index (χ4n) is 2.99. The Morgan fingerprint density at radius 3 is 2.69 bits per heavy atom. The summed E-state index contributed by atoms with van der Waals surface area (Å²) in [6.45, 7) is 0.298. The largest absolute Gasteiger partial charge is 0.334 e. The van der Waals surface area contributed by atoms with Crippen LogP contribution in [0.15, 0.2) is 53.1 Å². The van der Waals surface area contributed by atoms with Gasteiger partial charge >= 0.3 is 0 Å². The van der Waals surface area contributed by atoms with Gasteiger partial charge < -0.3 is 9.42 Å². The number of carbonyl (C=O) groups is 1. The van der Waals surface area contributed by atoms with Crippen molar-refractivity contribution in [2.45, 2.75) is 12.3 Å². The van der Waals surface area contributed by atoms with Crippen molar-refractivity contribution < 1.29 is 13.7 Å². The van der Waals surface area contributed by atoms with Crippen molar-refractivity contribution in [2.24, 2.45) is 0 Å². The number of hydrogen-bond donors (Lipinski definition) is 0. The molecule has 0 N–H and O–H groups in total. The Labute approximate surface area is 148 Å². The van der Waals surface area contributed by atoms with Crippen LogP contribution in [0.2, 0.25) is 0 Å². The summed E-state index contributed by atoms with van der Waals surface area (Å²) in [5, 5.41) is 12.8. The number of nitriles is 1. The number of para-hydroxylation sites is 1. The van der Waals surface area contributed by atoms with E-state index >= 15 is 0 Å². The summed E-state index contributed by atoms with van der Waals surface area (Å²) in [5.41, 5.74) is 1.49. The van der Waals surface area contributed by atoms with Gasteiger partial charge in [-0.3, -0.25) is 4.79 Å². The van der Waals surface area contributed by atoms with E-state index in [2.05, 4.69) is 10.1 Å². The maximum Gasteiger partial charge on any atom is 0.257 e. The minimum Gasteiger partial charge on any atom is -0.334 e. The lowest BCUT2D eigenvalue weighted by molar-refractivity contribution is -0.117. The number of halogens is 1. The molecule has 2 aromatic carbocycles. The minimum atomic E-state index is -0.437. The predicted molar refractivity (Wildman–Crippen MR) is 90.6 cm³/mol. The third kappa shape index (κ3) is 2.82. The van der Waals surface area contributed by atoms with Gasteiger partial charge in [0, 0.05) is 24.4 Å². The first kappa shape index (κ1) is 16.0. The average Bonchev–Trinajstić information content (AvgIpc) is 3.29. The third-order valence-corrected chi connectivity index (χ3v) is 4.34. The molecule has 6 nitrogen and oxygen atoms in total. The van der Waals surface area contributed by atoms with Crippen LogP contribution in [-0.4, -0.2) is 22.6 Å². The van der Waals surface area contributed by atoms with Gasteiger partial charge in [-0.1, -0.05) is 17.3 Å². The van der Waals surface area contributed by atoms with E-state index in [0.29, 0.717) is 29.4 Å². The maximum atomic E-state index is 14.0. The molecule has 1 aliphatic heterocycles. The molecule has 0 spiro atoms. The lowest BCUT2D eigenvalue weighted by Gasteiger charge is -2.16. The maximum absolute atomic E-state index is 14.0. The Bertz CT molecular complexity index is 1010. The first-order valence-corrected chi connectivity index (χ1v) is 8.05. The molecule has 3 aromatic rings. The second kappa shape index (κ2) is 6.41. The molecule has 1 unspecified atom stereocenters. The Hall–Kier alpha value is -3.53. The van der Waals surface area contributed by atoms with Crippen molar-refractivity contribution in [2.75, 3.05) is 11.4 Å². The van der Waals surface area contributed by atoms with E-state index in [1.54, 1.807) is 42.5 Å². The second-order valence-corrected chi connectivity index (χ2v) is 6.00. The van der Waals surface area contributed by atoms with Crippen LogP contribution >= 0.6 is 0 Å². The highest BCUT2D eigenvalue weighted by Gasteiger charge is 2.35. The number of carbonyl (C=O) groups excluding carboxylic acids is 1. The number of hydrogen-bond acceptors (Lipinski definition) is 5. The number of rotatable bonds is 3. The standard InChI is InChI=1S/C19H13FN4O2/c20-15-3-1-2-4-16(15)24-11-14(9-17(24)25)18-22-19(26-23-18)13-7-5-12(10-21)6-8-13/h1-8,14H,9,11H2. The van der Waals surface area contributed by atoms with Crippen molar-refractivity contribution in [3.05, 3.63) is 65.7 Å². The number of nitrogens with zero attached hydrogens (tertiary/aromatic N) is 4. The van der Waals surface area contributed by atoms with Gasteiger partial charge in [-0.15, -0.1) is 0 Å². The number of amides is 1. The second-order valence-electron chi connectivity index (χ2n) is 6.00. The highest BCUT2D eigenvalue weighted by Crippen LogP contribution is 2.32. The Balaban J connectivity index is 1.56. The van der Waals surface area contributed by atoms with Gasteiger partial charge in [-0.05, 0) is 36.4 Å². The number of benzene rings is 2. The molecule has 1 aliphatic rings. The molecule has 1 saturated heterocycles. The molecule has 1 fully saturated rings. The molecule has 0 saturated carbocycles. The Morgan fingerprint density at radius 2 is 1.96 bits per heavy atom. The minimum absolute atomic E-state index is 0.176. The first-order valence-electron chi connectivity index (χ1n) is 8.05. The summed E-state index contributed by atoms with van der Waals surface area (Å²) in [7, 11) is 0. The smallest absolute Gasteiger partial charge is 0.257 e. The predicted octanol–water partition coefficient (Wildman–Crippen LogP) is 3.27. The van der Waals surface area contributed by atoms with E-state index in [0.717, 1.165) is 0 Å². The van der Waals surface area contributed by atoms with Crippen LogP contribution in [0.4, 0.5) is 10.1 Å². The third-order valence-electron chi connectivity index (χ3n) is 4.34. The van der Waals surface area contributed by atoms with Gasteiger partial charge in [0.25, 0.3) is 5.89 Å². The van der Waals surface area contributed by atoms with Gasteiger partial charge in [-0.25, -0.2) is 4.39 Å². The fourth-order valence-corrected chi connectivity index (χ4v) is 2.99. The topological polar surface area (TPSA) is 83.0 Å². The number of aromatic nitrogens is 2. The monoisotopic (exact) mass is 348 g/mol. The lowest BCUT2D eigenvalue weighted by Crippen LogP contribution is -2.25. The zero-order valence-electron chi connectivity index (χ0n) is 13.6. The van der Waals surface area contributed by atoms with Gasteiger partial charge in [0.05, 0.1) is 17.3 Å². The first-order chi connectivity index (χ1) is 12.7. The fraction of sp³-hybridized carbons (Fsp3) is 0.158. The molecular weight excluding hydrogens is 335 g/mol. The molecule has 26 heavy (non-hydrogen) atoms. The van der Waals surface area contributed by atoms with Crippen LogP contribution < -0.4 is 4.90 Å². The average molecular weight is 348 g/mol. The Kier molecular flexibility index (Phi) is 3.93. The molecule has 4 rings (SSSR count). The van der Waals surface area contributed by atoms with Crippen LogP contribution in [0.3, 0.4) is 0 Å². The van der Waals surface area contributed by atoms with Crippen molar-refractivity contribution in [3.63, 3.8) is 0 Å². The highest BCUT2D eigenvalue weighted by molar-refractivity contribution is 5.96. The van der Waals surface area contributed by atoms with E-state index in [4.69, 9.17) is 9.78 Å². The summed E-state index contributed by atoms with van der Waals surface area (Å²) in [5.74, 6) is -0.145.